The van der Waals surface area contributed by atoms with Crippen LogP contribution < -0.4 is 9.39 Å². The molecule has 79 valence electrons. The minimum Gasteiger partial charge on any atom is -0.537 e. The van der Waals surface area contributed by atoms with Crippen LogP contribution in [0.25, 0.3) is 0 Å². The lowest BCUT2D eigenvalue weighted by Gasteiger charge is -2.11. The van der Waals surface area contributed by atoms with Gasteiger partial charge in [0, 0.05) is 11.6 Å². The van der Waals surface area contributed by atoms with Crippen molar-refractivity contribution in [2.75, 3.05) is 0 Å². The molecule has 0 aromatic heterocycles. The predicted octanol–water partition coefficient (Wildman–Crippen LogP) is 1.19. The number of benzene rings is 1. The maximum atomic E-state index is 10.6. The highest BCUT2D eigenvalue weighted by Crippen LogP contribution is 2.22. The van der Waals surface area contributed by atoms with E-state index in [9.17, 15) is 4.79 Å². The Bertz CT molecular complexity index is 338. The molecular weight excluding hydrogens is 195 g/mol. The van der Waals surface area contributed by atoms with Crippen LogP contribution in [0.3, 0.4) is 0 Å². The highest BCUT2D eigenvalue weighted by molar-refractivity contribution is 6.17. The van der Waals surface area contributed by atoms with Crippen LogP contribution in [0.1, 0.15) is 24.2 Å². The summed E-state index contributed by atoms with van der Waals surface area (Å²) >= 11 is 0. The first-order chi connectivity index (χ1) is 7.15. The van der Waals surface area contributed by atoms with Crippen LogP contribution in [0.4, 0.5) is 0 Å². The molecule has 0 spiro atoms. The van der Waals surface area contributed by atoms with Crippen LogP contribution in [0.5, 0.6) is 11.5 Å². The summed E-state index contributed by atoms with van der Waals surface area (Å²) in [6.07, 6.45) is 0.704. The zero-order valence-corrected chi connectivity index (χ0v) is 8.64. The lowest BCUT2D eigenvalue weighted by Crippen LogP contribution is -2.07. The number of carbonyl (C=O) groups is 1. The van der Waals surface area contributed by atoms with Gasteiger partial charge in [0.15, 0.2) is 0 Å². The molecule has 0 aliphatic rings. The summed E-state index contributed by atoms with van der Waals surface area (Å²) < 4.78 is 10.2. The number of ether oxygens (including phenoxy) is 1. The van der Waals surface area contributed by atoms with Gasteiger partial charge in [0.25, 0.3) is 0 Å². The largest absolute Gasteiger partial charge is 0.569 e. The van der Waals surface area contributed by atoms with E-state index in [2.05, 4.69) is 0 Å². The minimum absolute atomic E-state index is 0.0119. The fraction of sp³-hybridized carbons (Fsp3) is 0.300. The van der Waals surface area contributed by atoms with E-state index in [1.165, 1.54) is 6.07 Å². The Balaban J connectivity index is 2.94. The molecule has 0 amide bonds. The third-order valence-electron chi connectivity index (χ3n) is 1.60. The first-order valence-electron chi connectivity index (χ1n) is 4.55. The SMILES string of the molecule is CC(C)Oc1cc(C=O)cc(O[B]O)c1. The van der Waals surface area contributed by atoms with E-state index in [-0.39, 0.29) is 6.10 Å². The first kappa shape index (κ1) is 11.6. The molecule has 0 saturated heterocycles. The predicted molar refractivity (Wildman–Crippen MR) is 56.2 cm³/mol. The zero-order chi connectivity index (χ0) is 11.3. The number of rotatable bonds is 5. The molecule has 1 aromatic rings. The van der Waals surface area contributed by atoms with Gasteiger partial charge in [-0.25, -0.2) is 0 Å². The van der Waals surface area contributed by atoms with E-state index >= 15 is 0 Å². The number of hydrogen-bond acceptors (Lipinski definition) is 4. The molecule has 0 aliphatic carbocycles. The molecule has 1 aromatic carbocycles. The Labute approximate surface area is 89.1 Å². The molecule has 0 saturated carbocycles. The van der Waals surface area contributed by atoms with Crippen molar-refractivity contribution < 1.29 is 19.2 Å². The van der Waals surface area contributed by atoms with Gasteiger partial charge in [0.05, 0.1) is 6.10 Å². The minimum atomic E-state index is 0.0119. The van der Waals surface area contributed by atoms with Crippen molar-refractivity contribution in [3.05, 3.63) is 23.8 Å². The van der Waals surface area contributed by atoms with Gasteiger partial charge in [-0.2, -0.15) is 0 Å². The second kappa shape index (κ2) is 5.41. The van der Waals surface area contributed by atoms with Gasteiger partial charge in [-0.1, -0.05) is 0 Å². The molecule has 0 bridgehead atoms. The second-order valence-electron chi connectivity index (χ2n) is 3.25. The molecule has 1 N–H and O–H groups in total. The topological polar surface area (TPSA) is 55.8 Å². The van der Waals surface area contributed by atoms with E-state index in [0.29, 0.717) is 31.0 Å². The third-order valence-corrected chi connectivity index (χ3v) is 1.60. The van der Waals surface area contributed by atoms with Crippen LogP contribution in [-0.2, 0) is 0 Å². The maximum absolute atomic E-state index is 10.6. The summed E-state index contributed by atoms with van der Waals surface area (Å²) in [5.74, 6) is 0.893. The quantitative estimate of drug-likeness (QED) is 0.581. The normalized spacial score (nSPS) is 9.87. The molecule has 1 rings (SSSR count). The Kier molecular flexibility index (Phi) is 4.18. The van der Waals surface area contributed by atoms with Crippen LogP contribution in [-0.4, -0.2) is 25.1 Å². The highest BCUT2D eigenvalue weighted by Gasteiger charge is 2.04. The lowest BCUT2D eigenvalue weighted by atomic mass is 10.2. The van der Waals surface area contributed by atoms with Crippen LogP contribution in [0.15, 0.2) is 18.2 Å². The molecule has 0 unspecified atom stereocenters. The van der Waals surface area contributed by atoms with E-state index in [0.717, 1.165) is 0 Å². The average molecular weight is 207 g/mol. The Morgan fingerprint density at radius 2 is 2.00 bits per heavy atom. The summed E-state index contributed by atoms with van der Waals surface area (Å²) in [4.78, 5) is 10.6. The van der Waals surface area contributed by atoms with Crippen molar-refractivity contribution in [3.8, 4) is 11.5 Å². The summed E-state index contributed by atoms with van der Waals surface area (Å²) in [5, 5.41) is 8.48. The van der Waals surface area contributed by atoms with Gasteiger partial charge < -0.3 is 14.4 Å². The molecule has 4 nitrogen and oxygen atoms in total. The summed E-state index contributed by atoms with van der Waals surface area (Å²) in [6, 6.07) is 4.71. The standard InChI is InChI=1S/C10H12BO4/c1-7(2)14-9-3-8(6-12)4-10(5-9)15-11-13/h3-7,13H,1-2H3. The maximum Gasteiger partial charge on any atom is 0.569 e. The Hall–Kier alpha value is -1.49. The van der Waals surface area contributed by atoms with Crippen molar-refractivity contribution in [2.24, 2.45) is 0 Å². The molecule has 15 heavy (non-hydrogen) atoms. The molecule has 0 aliphatic heterocycles. The monoisotopic (exact) mass is 207 g/mol. The first-order valence-corrected chi connectivity index (χ1v) is 4.55. The number of aldehydes is 1. The molecule has 0 atom stereocenters. The second-order valence-corrected chi connectivity index (χ2v) is 3.25. The number of hydrogen-bond donors (Lipinski definition) is 1. The molecule has 5 heteroatoms. The fourth-order valence-corrected chi connectivity index (χ4v) is 1.13. The molecular formula is C10H12BO4. The highest BCUT2D eigenvalue weighted by atomic mass is 16.5. The van der Waals surface area contributed by atoms with Crippen molar-refractivity contribution in [1.29, 1.82) is 0 Å². The van der Waals surface area contributed by atoms with Crippen molar-refractivity contribution in [1.82, 2.24) is 0 Å². The summed E-state index contributed by atoms with van der Waals surface area (Å²) in [5.41, 5.74) is 0.435. The van der Waals surface area contributed by atoms with Crippen molar-refractivity contribution in [3.63, 3.8) is 0 Å². The molecule has 1 radical (unpaired) electrons. The van der Waals surface area contributed by atoms with Crippen LogP contribution in [0.2, 0.25) is 0 Å². The third kappa shape index (κ3) is 3.63. The summed E-state index contributed by atoms with van der Waals surface area (Å²) in [7, 11) is 0.559. The van der Waals surface area contributed by atoms with E-state index in [1.54, 1.807) is 12.1 Å². The summed E-state index contributed by atoms with van der Waals surface area (Å²) in [6.45, 7) is 3.76. The van der Waals surface area contributed by atoms with Gasteiger partial charge in [-0.05, 0) is 26.0 Å². The van der Waals surface area contributed by atoms with Gasteiger partial charge in [-0.15, -0.1) is 0 Å². The van der Waals surface area contributed by atoms with Crippen LogP contribution >= 0.6 is 0 Å². The van der Waals surface area contributed by atoms with E-state index in [4.69, 9.17) is 14.4 Å². The fourth-order valence-electron chi connectivity index (χ4n) is 1.13. The molecule has 0 fully saturated rings. The Morgan fingerprint density at radius 3 is 2.53 bits per heavy atom. The van der Waals surface area contributed by atoms with Gasteiger partial charge in [0.2, 0.25) is 0 Å². The van der Waals surface area contributed by atoms with Gasteiger partial charge >= 0.3 is 7.69 Å². The van der Waals surface area contributed by atoms with Gasteiger partial charge in [-0.3, -0.25) is 4.79 Å². The smallest absolute Gasteiger partial charge is 0.537 e. The van der Waals surface area contributed by atoms with Crippen molar-refractivity contribution in [2.45, 2.75) is 20.0 Å². The van der Waals surface area contributed by atoms with E-state index < -0.39 is 0 Å². The number of carbonyl (C=O) groups excluding carboxylic acids is 1. The van der Waals surface area contributed by atoms with Crippen molar-refractivity contribution >= 4 is 14.0 Å². The van der Waals surface area contributed by atoms with E-state index in [1.807, 2.05) is 13.8 Å². The lowest BCUT2D eigenvalue weighted by molar-refractivity contribution is 0.112. The van der Waals surface area contributed by atoms with Crippen LogP contribution in [0, 0.1) is 0 Å². The molecule has 0 heterocycles. The zero-order valence-electron chi connectivity index (χ0n) is 8.64. The average Bonchev–Trinajstić information content (AvgIpc) is 2.16. The Morgan fingerprint density at radius 1 is 1.33 bits per heavy atom. The van der Waals surface area contributed by atoms with Gasteiger partial charge in [0.1, 0.15) is 17.8 Å².